The summed E-state index contributed by atoms with van der Waals surface area (Å²) in [5.41, 5.74) is -3.31. The van der Waals surface area contributed by atoms with Crippen LogP contribution in [0.2, 0.25) is 0 Å². The summed E-state index contributed by atoms with van der Waals surface area (Å²) in [6.07, 6.45) is -4.01. The van der Waals surface area contributed by atoms with Crippen molar-refractivity contribution in [2.45, 2.75) is 91.5 Å². The van der Waals surface area contributed by atoms with E-state index in [1.165, 1.54) is 0 Å². The molecule has 0 heterocycles. The average Bonchev–Trinajstić information content (AvgIpc) is 2.49. The first-order chi connectivity index (χ1) is 13.2. The Bertz CT molecular complexity index is 670. The van der Waals surface area contributed by atoms with Gasteiger partial charge < -0.3 is 18.9 Å². The van der Waals surface area contributed by atoms with Crippen LogP contribution in [-0.2, 0) is 18.9 Å². The smallest absolute Gasteiger partial charge is 0.428 e. The van der Waals surface area contributed by atoms with Gasteiger partial charge in [0.05, 0.1) is 12.1 Å². The lowest BCUT2D eigenvalue weighted by molar-refractivity contribution is -0.0207. The molecule has 0 fully saturated rings. The van der Waals surface area contributed by atoms with Crippen LogP contribution in [0.4, 0.5) is 14.4 Å². The molecule has 0 radical (unpaired) electrons. The lowest BCUT2D eigenvalue weighted by Gasteiger charge is -2.19. The van der Waals surface area contributed by atoms with E-state index in [0.29, 0.717) is 0 Å². The van der Waals surface area contributed by atoms with Crippen molar-refractivity contribution in [1.29, 1.82) is 10.5 Å². The SMILES string of the molecule is CC(C)(C#N)N=NC(C)(C)C#N.CC(C)(C)OC(=O)OC(=O)OC(=O)OC(C)(C)C. The van der Waals surface area contributed by atoms with Crippen LogP contribution in [0, 0.1) is 22.7 Å². The van der Waals surface area contributed by atoms with Crippen molar-refractivity contribution in [3.05, 3.63) is 0 Å². The van der Waals surface area contributed by atoms with Crippen molar-refractivity contribution in [3.63, 3.8) is 0 Å². The van der Waals surface area contributed by atoms with Gasteiger partial charge in [-0.2, -0.15) is 20.8 Å². The number of hydrogen-bond donors (Lipinski definition) is 0. The van der Waals surface area contributed by atoms with Crippen LogP contribution in [0.25, 0.3) is 0 Å². The first-order valence-electron chi connectivity index (χ1n) is 8.84. The Hall–Kier alpha value is -3.21. The van der Waals surface area contributed by atoms with E-state index < -0.39 is 40.7 Å². The number of nitriles is 2. The lowest BCUT2D eigenvalue weighted by atomic mass is 10.1. The molecule has 0 aliphatic carbocycles. The zero-order chi connectivity index (χ0) is 24.4. The summed E-state index contributed by atoms with van der Waals surface area (Å²) in [6.45, 7) is 16.1. The predicted octanol–water partition coefficient (Wildman–Crippen LogP) is 5.05. The topological polar surface area (TPSA) is 160 Å². The second-order valence-electron chi connectivity index (χ2n) is 8.92. The molecule has 30 heavy (non-hydrogen) atoms. The molecule has 0 aromatic carbocycles. The molecule has 0 saturated heterocycles. The zero-order valence-electron chi connectivity index (χ0n) is 19.1. The minimum Gasteiger partial charge on any atom is -0.428 e. The van der Waals surface area contributed by atoms with E-state index in [0.717, 1.165) is 0 Å². The van der Waals surface area contributed by atoms with Gasteiger partial charge in [0.2, 0.25) is 0 Å². The van der Waals surface area contributed by atoms with Crippen molar-refractivity contribution in [2.75, 3.05) is 0 Å². The van der Waals surface area contributed by atoms with Crippen LogP contribution in [0.15, 0.2) is 10.2 Å². The predicted molar refractivity (Wildman–Crippen MR) is 104 cm³/mol. The monoisotopic (exact) mass is 426 g/mol. The maximum Gasteiger partial charge on any atom is 0.528 e. The number of hydrogen-bond acceptors (Lipinski definition) is 11. The van der Waals surface area contributed by atoms with E-state index in [1.807, 2.05) is 12.1 Å². The fraction of sp³-hybridized carbons (Fsp3) is 0.737. The van der Waals surface area contributed by atoms with E-state index in [4.69, 9.17) is 10.5 Å². The number of carbonyl (C=O) groups is 3. The Kier molecular flexibility index (Phi) is 10.7. The van der Waals surface area contributed by atoms with E-state index >= 15 is 0 Å². The largest absolute Gasteiger partial charge is 0.528 e. The second-order valence-corrected chi connectivity index (χ2v) is 8.92. The Balaban J connectivity index is 0. The number of ether oxygens (including phenoxy) is 4. The van der Waals surface area contributed by atoms with Gasteiger partial charge in [0.25, 0.3) is 0 Å². The molecule has 0 N–H and O–H groups in total. The van der Waals surface area contributed by atoms with Gasteiger partial charge in [-0.1, -0.05) is 0 Å². The molecule has 11 heteroatoms. The minimum absolute atomic E-state index is 0.816. The summed E-state index contributed by atoms with van der Waals surface area (Å²) in [4.78, 5) is 33.1. The van der Waals surface area contributed by atoms with Crippen LogP contribution in [0.1, 0.15) is 69.2 Å². The van der Waals surface area contributed by atoms with Crippen LogP contribution < -0.4 is 0 Å². The van der Waals surface area contributed by atoms with E-state index in [2.05, 4.69) is 29.2 Å². The highest BCUT2D eigenvalue weighted by molar-refractivity contribution is 5.83. The molecule has 0 spiro atoms. The maximum absolute atomic E-state index is 11.0. The highest BCUT2D eigenvalue weighted by Crippen LogP contribution is 2.14. The van der Waals surface area contributed by atoms with Crippen LogP contribution in [0.5, 0.6) is 0 Å². The molecule has 0 amide bonds. The Morgan fingerprint density at radius 2 is 0.867 bits per heavy atom. The third-order valence-corrected chi connectivity index (χ3v) is 2.21. The van der Waals surface area contributed by atoms with Crippen LogP contribution >= 0.6 is 0 Å². The van der Waals surface area contributed by atoms with E-state index in [-0.39, 0.29) is 0 Å². The highest BCUT2D eigenvalue weighted by atomic mass is 16.9. The molecular weight excluding hydrogens is 396 g/mol. The minimum atomic E-state index is -1.50. The van der Waals surface area contributed by atoms with Crippen molar-refractivity contribution < 1.29 is 33.3 Å². The summed E-state index contributed by atoms with van der Waals surface area (Å²) in [6, 6.07) is 3.94. The fourth-order valence-corrected chi connectivity index (χ4v) is 0.993. The molecule has 0 unspecified atom stereocenters. The molecule has 0 aliphatic heterocycles. The summed E-state index contributed by atoms with van der Waals surface area (Å²) in [5, 5.41) is 24.7. The van der Waals surface area contributed by atoms with E-state index in [1.54, 1.807) is 69.2 Å². The van der Waals surface area contributed by atoms with Crippen molar-refractivity contribution in [3.8, 4) is 12.1 Å². The number of rotatable bonds is 2. The van der Waals surface area contributed by atoms with Gasteiger partial charge in [-0.25, -0.2) is 14.4 Å². The summed E-state index contributed by atoms with van der Waals surface area (Å²) in [7, 11) is 0. The summed E-state index contributed by atoms with van der Waals surface area (Å²) < 4.78 is 17.5. The second kappa shape index (κ2) is 11.1. The van der Waals surface area contributed by atoms with Gasteiger partial charge in [0.1, 0.15) is 11.2 Å². The Morgan fingerprint density at radius 1 is 0.600 bits per heavy atom. The Morgan fingerprint density at radius 3 is 1.07 bits per heavy atom. The lowest BCUT2D eigenvalue weighted by Crippen LogP contribution is -2.29. The van der Waals surface area contributed by atoms with E-state index in [9.17, 15) is 14.4 Å². The van der Waals surface area contributed by atoms with Gasteiger partial charge in [-0.05, 0) is 69.2 Å². The van der Waals surface area contributed by atoms with Gasteiger partial charge >= 0.3 is 18.5 Å². The molecule has 0 atom stereocenters. The molecule has 0 saturated carbocycles. The Labute approximate surface area is 176 Å². The number of carbonyl (C=O) groups excluding carboxylic acids is 3. The fourth-order valence-electron chi connectivity index (χ4n) is 0.993. The first kappa shape index (κ1) is 29.0. The van der Waals surface area contributed by atoms with Crippen molar-refractivity contribution >= 4 is 18.5 Å². The average molecular weight is 426 g/mol. The van der Waals surface area contributed by atoms with Gasteiger partial charge in [-0.15, -0.1) is 0 Å². The third kappa shape index (κ3) is 18.2. The summed E-state index contributed by atoms with van der Waals surface area (Å²) in [5.74, 6) is 0. The number of azo groups is 1. The zero-order valence-corrected chi connectivity index (χ0v) is 19.1. The van der Waals surface area contributed by atoms with Crippen LogP contribution in [-0.4, -0.2) is 40.7 Å². The molecule has 11 nitrogen and oxygen atoms in total. The highest BCUT2D eigenvalue weighted by Gasteiger charge is 2.25. The standard InChI is InChI=1S/C11H18O7.C8H12N4/c1-10(2,3)17-8(13)15-7(12)16-9(14)18-11(4,5)6;1-7(2,5-9)11-12-8(3,4)6-10/h1-6H3;1-4H3. The van der Waals surface area contributed by atoms with Crippen LogP contribution in [0.3, 0.4) is 0 Å². The molecule has 0 bridgehead atoms. The summed E-state index contributed by atoms with van der Waals surface area (Å²) >= 11 is 0. The normalized spacial score (nSPS) is 11.9. The quantitative estimate of drug-likeness (QED) is 0.334. The molecule has 0 rings (SSSR count). The van der Waals surface area contributed by atoms with Crippen molar-refractivity contribution in [1.82, 2.24) is 0 Å². The van der Waals surface area contributed by atoms with Gasteiger partial charge in [-0.3, -0.25) is 0 Å². The molecule has 0 aromatic heterocycles. The third-order valence-electron chi connectivity index (χ3n) is 2.21. The first-order valence-corrected chi connectivity index (χ1v) is 8.84. The van der Waals surface area contributed by atoms with Gasteiger partial charge in [0.15, 0.2) is 11.1 Å². The van der Waals surface area contributed by atoms with Crippen molar-refractivity contribution in [2.24, 2.45) is 10.2 Å². The van der Waals surface area contributed by atoms with Gasteiger partial charge in [0, 0.05) is 0 Å². The maximum atomic E-state index is 11.0. The molecule has 0 aromatic rings. The number of nitrogens with zero attached hydrogens (tertiary/aromatic N) is 4. The molecule has 168 valence electrons. The molecular formula is C19H30N4O7. The molecule has 0 aliphatic rings.